The van der Waals surface area contributed by atoms with Crippen molar-refractivity contribution in [3.63, 3.8) is 0 Å². The minimum atomic E-state index is 0.565. The van der Waals surface area contributed by atoms with E-state index < -0.39 is 0 Å². The van der Waals surface area contributed by atoms with E-state index in [9.17, 15) is 0 Å². The van der Waals surface area contributed by atoms with Gasteiger partial charge < -0.3 is 4.57 Å². The summed E-state index contributed by atoms with van der Waals surface area (Å²) in [5.41, 5.74) is 11.8. The molecule has 5 heteroatoms. The highest BCUT2D eigenvalue weighted by Crippen LogP contribution is 2.42. The van der Waals surface area contributed by atoms with Gasteiger partial charge in [-0.1, -0.05) is 158 Å². The Labute approximate surface area is 323 Å². The molecule has 0 amide bonds. The molecule has 0 aliphatic heterocycles. The molecule has 0 atom stereocenters. The first-order chi connectivity index (χ1) is 27.8. The van der Waals surface area contributed by atoms with E-state index >= 15 is 0 Å². The Balaban J connectivity index is 1.23. The summed E-state index contributed by atoms with van der Waals surface area (Å²) in [6.45, 7) is 0. The van der Waals surface area contributed by atoms with Crippen LogP contribution in [0.25, 0.3) is 100 Å². The zero-order valence-electron chi connectivity index (χ0n) is 30.3. The maximum atomic E-state index is 5.37. The molecule has 56 heavy (non-hydrogen) atoms. The molecule has 5 nitrogen and oxygen atoms in total. The molecule has 11 rings (SSSR count). The van der Waals surface area contributed by atoms with Crippen LogP contribution < -0.4 is 0 Å². The summed E-state index contributed by atoms with van der Waals surface area (Å²) in [4.78, 5) is 16.0. The van der Waals surface area contributed by atoms with E-state index in [1.807, 2.05) is 12.1 Å². The van der Waals surface area contributed by atoms with Crippen molar-refractivity contribution in [2.45, 2.75) is 0 Å². The van der Waals surface area contributed by atoms with E-state index in [4.69, 9.17) is 15.0 Å². The molecule has 8 aromatic carbocycles. The summed E-state index contributed by atoms with van der Waals surface area (Å²) in [7, 11) is 0. The van der Waals surface area contributed by atoms with Gasteiger partial charge in [0.05, 0.1) is 22.1 Å². The van der Waals surface area contributed by atoms with Gasteiger partial charge >= 0.3 is 0 Å². The monoisotopic (exact) mass is 715 g/mol. The molecule has 0 N–H and O–H groups in total. The Hall–Kier alpha value is -7.63. The number of rotatable bonds is 6. The van der Waals surface area contributed by atoms with Crippen LogP contribution in [0.2, 0.25) is 0 Å². The van der Waals surface area contributed by atoms with Gasteiger partial charge in [0.15, 0.2) is 11.6 Å². The molecular weight excluding hydrogens is 683 g/mol. The molecule has 0 bridgehead atoms. The van der Waals surface area contributed by atoms with Crippen LogP contribution in [-0.2, 0) is 0 Å². The molecule has 0 aliphatic carbocycles. The minimum Gasteiger partial charge on any atom is -0.309 e. The lowest BCUT2D eigenvalue weighted by molar-refractivity contribution is 0.955. The summed E-state index contributed by atoms with van der Waals surface area (Å²) < 4.78 is 4.62. The maximum Gasteiger partial charge on any atom is 0.238 e. The highest BCUT2D eigenvalue weighted by molar-refractivity contribution is 6.26. The van der Waals surface area contributed by atoms with E-state index in [-0.39, 0.29) is 0 Å². The van der Waals surface area contributed by atoms with Gasteiger partial charge in [0.2, 0.25) is 5.95 Å². The molecule has 262 valence electrons. The second-order valence-electron chi connectivity index (χ2n) is 14.1. The number of para-hydroxylation sites is 3. The smallest absolute Gasteiger partial charge is 0.238 e. The Morgan fingerprint density at radius 1 is 0.304 bits per heavy atom. The molecule has 3 heterocycles. The Morgan fingerprint density at radius 2 is 0.786 bits per heavy atom. The number of benzene rings is 8. The van der Waals surface area contributed by atoms with Crippen molar-refractivity contribution in [3.8, 4) is 56.7 Å². The summed E-state index contributed by atoms with van der Waals surface area (Å²) in [5.74, 6) is 1.78. The fourth-order valence-corrected chi connectivity index (χ4v) is 8.23. The van der Waals surface area contributed by atoms with Crippen LogP contribution in [0.1, 0.15) is 0 Å². The summed E-state index contributed by atoms with van der Waals surface area (Å²) >= 11 is 0. The van der Waals surface area contributed by atoms with Crippen molar-refractivity contribution >= 4 is 43.6 Å². The van der Waals surface area contributed by atoms with Gasteiger partial charge in [0.1, 0.15) is 0 Å². The molecular formula is C51H33N5. The Morgan fingerprint density at radius 3 is 1.39 bits per heavy atom. The van der Waals surface area contributed by atoms with Crippen LogP contribution in [0.5, 0.6) is 0 Å². The van der Waals surface area contributed by atoms with E-state index in [0.29, 0.717) is 17.6 Å². The van der Waals surface area contributed by atoms with Crippen LogP contribution in [0.15, 0.2) is 200 Å². The fraction of sp³-hybridized carbons (Fsp3) is 0. The predicted octanol–water partition coefficient (Wildman–Crippen LogP) is 12.7. The maximum absolute atomic E-state index is 5.37. The number of nitrogens with zero attached hydrogens (tertiary/aromatic N) is 5. The van der Waals surface area contributed by atoms with E-state index in [1.165, 1.54) is 5.39 Å². The zero-order valence-corrected chi connectivity index (χ0v) is 30.3. The average Bonchev–Trinajstić information content (AvgIpc) is 3.80. The lowest BCUT2D eigenvalue weighted by Crippen LogP contribution is -2.06. The third-order valence-corrected chi connectivity index (χ3v) is 10.8. The summed E-state index contributed by atoms with van der Waals surface area (Å²) in [5, 5.41) is 4.60. The SMILES string of the molecule is c1ccc(-c2cccc(-c3nc(-c4cccc(-c5ccccc5)c4)nc(-n4c5ccccc5c5ccc6c(c7ccccc7n6-c6ccccc6)c54)n3)c2)cc1. The van der Waals surface area contributed by atoms with Crippen molar-refractivity contribution in [2.24, 2.45) is 0 Å². The first-order valence-corrected chi connectivity index (χ1v) is 18.9. The molecule has 0 aliphatic rings. The first-order valence-electron chi connectivity index (χ1n) is 18.9. The molecule has 0 saturated heterocycles. The van der Waals surface area contributed by atoms with Crippen LogP contribution in [-0.4, -0.2) is 24.1 Å². The second kappa shape index (κ2) is 13.0. The molecule has 0 radical (unpaired) electrons. The summed E-state index contributed by atoms with van der Waals surface area (Å²) in [6, 6.07) is 70.2. The zero-order chi connectivity index (χ0) is 37.0. The highest BCUT2D eigenvalue weighted by Gasteiger charge is 2.23. The van der Waals surface area contributed by atoms with Gasteiger partial charge in [0, 0.05) is 38.4 Å². The van der Waals surface area contributed by atoms with Gasteiger partial charge in [-0.05, 0) is 64.7 Å². The average molecular weight is 716 g/mol. The number of fused-ring (bicyclic) bond motifs is 7. The van der Waals surface area contributed by atoms with Crippen molar-refractivity contribution in [3.05, 3.63) is 200 Å². The van der Waals surface area contributed by atoms with Gasteiger partial charge in [0.25, 0.3) is 0 Å². The van der Waals surface area contributed by atoms with Crippen molar-refractivity contribution in [2.75, 3.05) is 0 Å². The standard InChI is InChI=1S/C51H33N5/c1-4-16-34(17-5-1)36-20-14-22-38(32-36)49-52-50(39-23-15-21-37(33-39)35-18-6-2-7-19-35)54-51(53-49)56-44-28-12-10-26-41(44)42-30-31-46-47(48(42)56)43-27-11-13-29-45(43)55(46)40-24-8-3-9-25-40/h1-33H. The number of hydrogen-bond donors (Lipinski definition) is 0. The van der Waals surface area contributed by atoms with Gasteiger partial charge in [-0.2, -0.15) is 9.97 Å². The molecule has 0 fully saturated rings. The number of aromatic nitrogens is 5. The number of hydrogen-bond acceptors (Lipinski definition) is 3. The van der Waals surface area contributed by atoms with Crippen molar-refractivity contribution in [1.29, 1.82) is 0 Å². The van der Waals surface area contributed by atoms with E-state index in [2.05, 4.69) is 197 Å². The lowest BCUT2D eigenvalue weighted by atomic mass is 10.0. The molecule has 11 aromatic rings. The first kappa shape index (κ1) is 31.9. The molecule has 0 spiro atoms. The van der Waals surface area contributed by atoms with Gasteiger partial charge in [-0.25, -0.2) is 4.98 Å². The fourth-order valence-electron chi connectivity index (χ4n) is 8.23. The third kappa shape index (κ3) is 5.21. The summed E-state index contributed by atoms with van der Waals surface area (Å²) in [6.07, 6.45) is 0. The van der Waals surface area contributed by atoms with Gasteiger partial charge in [-0.15, -0.1) is 0 Å². The largest absolute Gasteiger partial charge is 0.309 e. The molecule has 3 aromatic heterocycles. The topological polar surface area (TPSA) is 48.5 Å². The van der Waals surface area contributed by atoms with Crippen molar-refractivity contribution < 1.29 is 0 Å². The minimum absolute atomic E-state index is 0.565. The van der Waals surface area contributed by atoms with Gasteiger partial charge in [-0.3, -0.25) is 4.57 Å². The molecule has 0 unspecified atom stereocenters. The van der Waals surface area contributed by atoms with Crippen LogP contribution in [0.3, 0.4) is 0 Å². The lowest BCUT2D eigenvalue weighted by Gasteiger charge is -2.13. The quantitative estimate of drug-likeness (QED) is 0.172. The Kier molecular flexibility index (Phi) is 7.42. The second-order valence-corrected chi connectivity index (χ2v) is 14.1. The van der Waals surface area contributed by atoms with Crippen molar-refractivity contribution in [1.82, 2.24) is 24.1 Å². The van der Waals surface area contributed by atoms with Crippen LogP contribution >= 0.6 is 0 Å². The molecule has 0 saturated carbocycles. The highest BCUT2D eigenvalue weighted by atomic mass is 15.2. The van der Waals surface area contributed by atoms with Crippen LogP contribution in [0, 0.1) is 0 Å². The van der Waals surface area contributed by atoms with Crippen LogP contribution in [0.4, 0.5) is 0 Å². The predicted molar refractivity (Wildman–Crippen MR) is 230 cm³/mol. The normalized spacial score (nSPS) is 11.6. The Bertz CT molecular complexity index is 3130. The van der Waals surface area contributed by atoms with E-state index in [1.54, 1.807) is 0 Å². The van der Waals surface area contributed by atoms with E-state index in [0.717, 1.165) is 77.3 Å². The third-order valence-electron chi connectivity index (χ3n) is 10.8.